The number of nitro benzene ring substituents is 1. The molecule has 22 heavy (non-hydrogen) atoms. The Morgan fingerprint density at radius 2 is 1.82 bits per heavy atom. The summed E-state index contributed by atoms with van der Waals surface area (Å²) in [5.74, 6) is 0. The van der Waals surface area contributed by atoms with Gasteiger partial charge < -0.3 is 0 Å². The van der Waals surface area contributed by atoms with Crippen LogP contribution in [-0.2, 0) is 10.0 Å². The SMILES string of the molecule is Cc1ccc(C)c(NS(=O)(=O)c2ccc(Cl)c([N+](=O)[O-])c2)c1. The van der Waals surface area contributed by atoms with Gasteiger partial charge in [-0.05, 0) is 43.2 Å². The fourth-order valence-electron chi connectivity index (χ4n) is 1.85. The largest absolute Gasteiger partial charge is 0.289 e. The van der Waals surface area contributed by atoms with E-state index in [0.29, 0.717) is 5.69 Å². The highest BCUT2D eigenvalue weighted by molar-refractivity contribution is 7.92. The maximum atomic E-state index is 12.4. The maximum Gasteiger partial charge on any atom is 0.289 e. The molecule has 0 aliphatic carbocycles. The summed E-state index contributed by atoms with van der Waals surface area (Å²) in [6, 6.07) is 8.70. The van der Waals surface area contributed by atoms with Crippen molar-refractivity contribution in [2.75, 3.05) is 4.72 Å². The van der Waals surface area contributed by atoms with Crippen LogP contribution in [0, 0.1) is 24.0 Å². The molecule has 1 N–H and O–H groups in total. The average molecular weight is 341 g/mol. The van der Waals surface area contributed by atoms with Crippen molar-refractivity contribution < 1.29 is 13.3 Å². The van der Waals surface area contributed by atoms with E-state index in [9.17, 15) is 18.5 Å². The molecular formula is C14H13ClN2O4S. The van der Waals surface area contributed by atoms with Crippen LogP contribution < -0.4 is 4.72 Å². The van der Waals surface area contributed by atoms with E-state index in [-0.39, 0.29) is 9.92 Å². The van der Waals surface area contributed by atoms with Crippen LogP contribution in [0.1, 0.15) is 11.1 Å². The zero-order valence-corrected chi connectivity index (χ0v) is 13.4. The Hall–Kier alpha value is -2.12. The molecule has 0 fully saturated rings. The number of hydrogen-bond donors (Lipinski definition) is 1. The van der Waals surface area contributed by atoms with Gasteiger partial charge in [-0.15, -0.1) is 0 Å². The van der Waals surface area contributed by atoms with Gasteiger partial charge in [0.2, 0.25) is 0 Å². The minimum atomic E-state index is -3.94. The van der Waals surface area contributed by atoms with Gasteiger partial charge in [-0.2, -0.15) is 0 Å². The maximum absolute atomic E-state index is 12.4. The summed E-state index contributed by atoms with van der Waals surface area (Å²) in [5.41, 5.74) is 1.62. The second-order valence-electron chi connectivity index (χ2n) is 4.79. The number of nitrogens with zero attached hydrogens (tertiary/aromatic N) is 1. The lowest BCUT2D eigenvalue weighted by atomic mass is 10.1. The molecular weight excluding hydrogens is 328 g/mol. The molecule has 8 heteroatoms. The molecule has 0 saturated carbocycles. The Morgan fingerprint density at radius 3 is 2.45 bits per heavy atom. The third kappa shape index (κ3) is 3.37. The van der Waals surface area contributed by atoms with Gasteiger partial charge in [0, 0.05) is 6.07 Å². The van der Waals surface area contributed by atoms with Crippen LogP contribution in [0.5, 0.6) is 0 Å². The lowest BCUT2D eigenvalue weighted by molar-refractivity contribution is -0.384. The van der Waals surface area contributed by atoms with Gasteiger partial charge in [-0.3, -0.25) is 14.8 Å². The summed E-state index contributed by atoms with van der Waals surface area (Å²) in [5, 5.41) is 10.7. The Kier molecular flexibility index (Phi) is 4.39. The van der Waals surface area contributed by atoms with Crippen molar-refractivity contribution in [3.05, 3.63) is 62.7 Å². The van der Waals surface area contributed by atoms with E-state index in [1.165, 1.54) is 12.1 Å². The highest BCUT2D eigenvalue weighted by Gasteiger charge is 2.21. The molecule has 0 radical (unpaired) electrons. The summed E-state index contributed by atoms with van der Waals surface area (Å²) in [7, 11) is -3.94. The zero-order chi connectivity index (χ0) is 16.5. The van der Waals surface area contributed by atoms with E-state index in [4.69, 9.17) is 11.6 Å². The third-order valence-electron chi connectivity index (χ3n) is 3.06. The molecule has 0 aliphatic rings. The monoisotopic (exact) mass is 340 g/mol. The second kappa shape index (κ2) is 5.94. The minimum absolute atomic E-state index is 0.115. The van der Waals surface area contributed by atoms with Crippen LogP contribution in [0.4, 0.5) is 11.4 Å². The van der Waals surface area contributed by atoms with Crippen molar-refractivity contribution in [3.8, 4) is 0 Å². The Morgan fingerprint density at radius 1 is 1.14 bits per heavy atom. The lowest BCUT2D eigenvalue weighted by Gasteiger charge is -2.11. The quantitative estimate of drug-likeness (QED) is 0.679. The smallest absolute Gasteiger partial charge is 0.279 e. The molecule has 116 valence electrons. The first-order chi connectivity index (χ1) is 10.2. The van der Waals surface area contributed by atoms with Crippen LogP contribution >= 0.6 is 11.6 Å². The Labute approximate surface area is 132 Å². The van der Waals surface area contributed by atoms with Gasteiger partial charge >= 0.3 is 0 Å². The highest BCUT2D eigenvalue weighted by atomic mass is 35.5. The molecule has 6 nitrogen and oxygen atoms in total. The average Bonchev–Trinajstić information content (AvgIpc) is 2.42. The molecule has 2 rings (SSSR count). The number of halogens is 1. The molecule has 0 amide bonds. The number of nitrogens with one attached hydrogen (secondary N) is 1. The first kappa shape index (κ1) is 16.3. The van der Waals surface area contributed by atoms with E-state index in [1.54, 1.807) is 19.1 Å². The van der Waals surface area contributed by atoms with Crippen LogP contribution in [0.25, 0.3) is 0 Å². The van der Waals surface area contributed by atoms with E-state index in [0.717, 1.165) is 17.2 Å². The van der Waals surface area contributed by atoms with Crippen LogP contribution in [-0.4, -0.2) is 13.3 Å². The van der Waals surface area contributed by atoms with Crippen molar-refractivity contribution in [1.29, 1.82) is 0 Å². The summed E-state index contributed by atoms with van der Waals surface area (Å²) in [6.45, 7) is 3.60. The molecule has 0 heterocycles. The normalized spacial score (nSPS) is 11.2. The summed E-state index contributed by atoms with van der Waals surface area (Å²) in [4.78, 5) is 9.92. The fourth-order valence-corrected chi connectivity index (χ4v) is 3.18. The first-order valence-electron chi connectivity index (χ1n) is 6.25. The number of anilines is 1. The van der Waals surface area contributed by atoms with Gasteiger partial charge in [0.05, 0.1) is 15.5 Å². The molecule has 0 bridgehead atoms. The van der Waals surface area contributed by atoms with Crippen molar-refractivity contribution in [1.82, 2.24) is 0 Å². The van der Waals surface area contributed by atoms with Gasteiger partial charge in [0.15, 0.2) is 0 Å². The number of aryl methyl sites for hydroxylation is 2. The molecule has 2 aromatic rings. The molecule has 2 aromatic carbocycles. The van der Waals surface area contributed by atoms with Gasteiger partial charge in [0.1, 0.15) is 5.02 Å². The molecule has 0 aromatic heterocycles. The molecule has 0 aliphatic heterocycles. The van der Waals surface area contributed by atoms with Crippen molar-refractivity contribution in [3.63, 3.8) is 0 Å². The molecule has 0 unspecified atom stereocenters. The van der Waals surface area contributed by atoms with E-state index in [2.05, 4.69) is 4.72 Å². The minimum Gasteiger partial charge on any atom is -0.279 e. The first-order valence-corrected chi connectivity index (χ1v) is 8.11. The number of hydrogen-bond acceptors (Lipinski definition) is 4. The highest BCUT2D eigenvalue weighted by Crippen LogP contribution is 2.28. The third-order valence-corrected chi connectivity index (χ3v) is 4.74. The Balaban J connectivity index is 2.45. The fraction of sp³-hybridized carbons (Fsp3) is 0.143. The van der Waals surface area contributed by atoms with Crippen molar-refractivity contribution in [2.24, 2.45) is 0 Å². The summed E-state index contributed by atoms with van der Waals surface area (Å²) >= 11 is 5.69. The number of sulfonamides is 1. The van der Waals surface area contributed by atoms with E-state index in [1.807, 2.05) is 13.0 Å². The number of rotatable bonds is 4. The molecule has 0 saturated heterocycles. The van der Waals surface area contributed by atoms with Crippen LogP contribution in [0.2, 0.25) is 5.02 Å². The van der Waals surface area contributed by atoms with E-state index >= 15 is 0 Å². The zero-order valence-electron chi connectivity index (χ0n) is 11.8. The van der Waals surface area contributed by atoms with E-state index < -0.39 is 20.6 Å². The number of nitro groups is 1. The predicted molar refractivity (Wildman–Crippen MR) is 84.8 cm³/mol. The predicted octanol–water partition coefficient (Wildman–Crippen LogP) is 3.67. The van der Waals surface area contributed by atoms with Crippen LogP contribution in [0.15, 0.2) is 41.3 Å². The number of benzene rings is 2. The standard InChI is InChI=1S/C14H13ClN2O4S/c1-9-3-4-10(2)13(7-9)16-22(20,21)11-5-6-12(15)14(8-11)17(18)19/h3-8,16H,1-2H3. The van der Waals surface area contributed by atoms with Crippen LogP contribution in [0.3, 0.4) is 0 Å². The Bertz CT molecular complexity index is 850. The molecule has 0 spiro atoms. The topological polar surface area (TPSA) is 89.3 Å². The van der Waals surface area contributed by atoms with Gasteiger partial charge in [-0.1, -0.05) is 23.7 Å². The van der Waals surface area contributed by atoms with Gasteiger partial charge in [-0.25, -0.2) is 8.42 Å². The summed E-state index contributed by atoms with van der Waals surface area (Å²) < 4.78 is 27.2. The lowest BCUT2D eigenvalue weighted by Crippen LogP contribution is -2.14. The van der Waals surface area contributed by atoms with Gasteiger partial charge in [0.25, 0.3) is 15.7 Å². The second-order valence-corrected chi connectivity index (χ2v) is 6.88. The van der Waals surface area contributed by atoms with Crippen molar-refractivity contribution >= 4 is 33.0 Å². The van der Waals surface area contributed by atoms with Crippen molar-refractivity contribution in [2.45, 2.75) is 18.7 Å². The summed E-state index contributed by atoms with van der Waals surface area (Å²) in [6.07, 6.45) is 0. The molecule has 0 atom stereocenters.